The number of benzene rings is 1. The molecule has 1 saturated heterocycles. The van der Waals surface area contributed by atoms with E-state index in [1.54, 1.807) is 0 Å². The molecule has 37 heavy (non-hydrogen) atoms. The Morgan fingerprint density at radius 2 is 1.81 bits per heavy atom. The number of nitrogens with one attached hydrogen (secondary N) is 1. The molecule has 3 aromatic rings. The zero-order chi connectivity index (χ0) is 26.1. The van der Waals surface area contributed by atoms with Crippen molar-refractivity contribution in [3.8, 4) is 17.3 Å². The minimum absolute atomic E-state index is 0.00462. The van der Waals surface area contributed by atoms with Gasteiger partial charge in [0.25, 0.3) is 6.01 Å². The number of likely N-dealkylation sites (tertiary alicyclic amines) is 1. The summed E-state index contributed by atoms with van der Waals surface area (Å²) in [5, 5.41) is 9.72. The molecule has 8 nitrogen and oxygen atoms in total. The van der Waals surface area contributed by atoms with Gasteiger partial charge in [0.05, 0.1) is 22.2 Å². The summed E-state index contributed by atoms with van der Waals surface area (Å²) < 4.78 is 6.09. The molecule has 1 unspecified atom stereocenters. The lowest BCUT2D eigenvalue weighted by atomic mass is 9.86. The molecule has 0 spiro atoms. The van der Waals surface area contributed by atoms with E-state index in [1.165, 1.54) is 5.57 Å². The maximum Gasteiger partial charge on any atom is 0.306 e. The van der Waals surface area contributed by atoms with Crippen LogP contribution in [0.4, 0.5) is 0 Å². The van der Waals surface area contributed by atoms with Crippen LogP contribution in [0.5, 0.6) is 6.01 Å². The highest BCUT2D eigenvalue weighted by Crippen LogP contribution is 2.34. The SMILES string of the molecule is CC(C)C(=O)N1CCC(Oc2nc3nc(-c4ccc(C5=CCC(C(=O)O)CC5)cc4)c(Cl)cc3[nH]2)CC1. The topological polar surface area (TPSA) is 108 Å². The lowest BCUT2D eigenvalue weighted by molar-refractivity contribution is -0.142. The first kappa shape index (κ1) is 25.3. The van der Waals surface area contributed by atoms with Gasteiger partial charge < -0.3 is 19.7 Å². The van der Waals surface area contributed by atoms with Crippen molar-refractivity contribution < 1.29 is 19.4 Å². The Bertz CT molecular complexity index is 1340. The number of halogens is 1. The van der Waals surface area contributed by atoms with Crippen molar-refractivity contribution in [2.45, 2.75) is 52.1 Å². The number of aromatic amines is 1. The number of fused-ring (bicyclic) bond motifs is 1. The number of carboxylic acids is 1. The number of imidazole rings is 1. The van der Waals surface area contributed by atoms with Gasteiger partial charge in [0.15, 0.2) is 5.65 Å². The Balaban J connectivity index is 1.27. The Kier molecular flexibility index (Phi) is 7.20. The molecule has 1 atom stereocenters. The summed E-state index contributed by atoms with van der Waals surface area (Å²) in [6.07, 6.45) is 5.51. The maximum absolute atomic E-state index is 12.2. The summed E-state index contributed by atoms with van der Waals surface area (Å²) in [5.41, 5.74) is 5.01. The molecule has 1 aliphatic carbocycles. The summed E-state index contributed by atoms with van der Waals surface area (Å²) in [7, 11) is 0. The third kappa shape index (κ3) is 5.49. The maximum atomic E-state index is 12.2. The van der Waals surface area contributed by atoms with Crippen LogP contribution in [0.1, 0.15) is 51.5 Å². The van der Waals surface area contributed by atoms with Crippen molar-refractivity contribution in [2.24, 2.45) is 11.8 Å². The molecule has 1 fully saturated rings. The molecule has 5 rings (SSSR count). The van der Waals surface area contributed by atoms with Gasteiger partial charge in [-0.2, -0.15) is 4.98 Å². The molecular formula is C28H31ClN4O4. The zero-order valence-electron chi connectivity index (χ0n) is 21.0. The van der Waals surface area contributed by atoms with Gasteiger partial charge in [-0.15, -0.1) is 0 Å². The van der Waals surface area contributed by atoms with E-state index in [2.05, 4.69) is 9.97 Å². The molecule has 1 amide bonds. The van der Waals surface area contributed by atoms with Crippen molar-refractivity contribution in [1.29, 1.82) is 0 Å². The molecule has 0 saturated carbocycles. The molecule has 0 radical (unpaired) electrons. The standard InChI is InChI=1S/C28H31ClN4O4/c1-16(2)26(34)33-13-11-21(12-14-33)37-28-30-23-15-22(29)24(31-25(23)32-28)19-7-3-17(4-8-19)18-5-9-20(10-6-18)27(35)36/h3-5,7-8,15-16,20-21H,6,9-14H2,1-2H3,(H,35,36)(H,30,31,32). The smallest absolute Gasteiger partial charge is 0.306 e. The predicted octanol–water partition coefficient (Wildman–Crippen LogP) is 5.57. The van der Waals surface area contributed by atoms with E-state index in [9.17, 15) is 14.7 Å². The highest BCUT2D eigenvalue weighted by molar-refractivity contribution is 6.33. The van der Waals surface area contributed by atoms with Gasteiger partial charge in [-0.05, 0) is 36.5 Å². The summed E-state index contributed by atoms with van der Waals surface area (Å²) in [6.45, 7) is 5.21. The van der Waals surface area contributed by atoms with Crippen LogP contribution in [0.15, 0.2) is 36.4 Å². The average molecular weight is 523 g/mol. The Labute approximate surface area is 220 Å². The van der Waals surface area contributed by atoms with Gasteiger partial charge in [-0.25, -0.2) is 4.98 Å². The second-order valence-corrected chi connectivity index (χ2v) is 10.6. The number of carboxylic acid groups (broad SMARTS) is 1. The number of ether oxygens (including phenoxy) is 1. The van der Waals surface area contributed by atoms with Crippen molar-refractivity contribution in [2.75, 3.05) is 13.1 Å². The number of H-pyrrole nitrogens is 1. The predicted molar refractivity (Wildman–Crippen MR) is 142 cm³/mol. The largest absolute Gasteiger partial charge is 0.481 e. The highest BCUT2D eigenvalue weighted by atomic mass is 35.5. The van der Waals surface area contributed by atoms with E-state index < -0.39 is 5.97 Å². The van der Waals surface area contributed by atoms with Gasteiger partial charge in [-0.3, -0.25) is 9.59 Å². The van der Waals surface area contributed by atoms with Crippen LogP contribution in [0.2, 0.25) is 5.02 Å². The summed E-state index contributed by atoms with van der Waals surface area (Å²) in [5.74, 6) is -0.826. The molecule has 2 aromatic heterocycles. The lowest BCUT2D eigenvalue weighted by Gasteiger charge is -2.32. The van der Waals surface area contributed by atoms with Crippen molar-refractivity contribution in [1.82, 2.24) is 19.9 Å². The van der Waals surface area contributed by atoms with Gasteiger partial charge in [0.1, 0.15) is 6.10 Å². The second kappa shape index (κ2) is 10.5. The van der Waals surface area contributed by atoms with Crippen LogP contribution in [0, 0.1) is 11.8 Å². The molecule has 2 aliphatic rings. The fourth-order valence-electron chi connectivity index (χ4n) is 5.03. The van der Waals surface area contributed by atoms with Crippen LogP contribution in [0.25, 0.3) is 28.0 Å². The third-order valence-corrected chi connectivity index (χ3v) is 7.51. The zero-order valence-corrected chi connectivity index (χ0v) is 21.8. The first-order valence-electron chi connectivity index (χ1n) is 12.8. The fourth-order valence-corrected chi connectivity index (χ4v) is 5.29. The van der Waals surface area contributed by atoms with Crippen molar-refractivity contribution in [3.63, 3.8) is 0 Å². The van der Waals surface area contributed by atoms with Gasteiger partial charge in [-0.1, -0.05) is 55.8 Å². The Morgan fingerprint density at radius 3 is 2.43 bits per heavy atom. The van der Waals surface area contributed by atoms with Crippen molar-refractivity contribution in [3.05, 3.63) is 47.0 Å². The molecule has 194 valence electrons. The Hall–Kier alpha value is -3.39. The molecule has 0 bridgehead atoms. The molecule has 9 heteroatoms. The third-order valence-electron chi connectivity index (χ3n) is 7.22. The van der Waals surface area contributed by atoms with Crippen LogP contribution >= 0.6 is 11.6 Å². The number of allylic oxidation sites excluding steroid dienone is 2. The molecule has 1 aromatic carbocycles. The quantitative estimate of drug-likeness (QED) is 0.438. The van der Waals surface area contributed by atoms with E-state index in [1.807, 2.05) is 55.2 Å². The van der Waals surface area contributed by atoms with Gasteiger partial charge in [0, 0.05) is 37.4 Å². The number of rotatable bonds is 6. The second-order valence-electron chi connectivity index (χ2n) is 10.1. The van der Waals surface area contributed by atoms with Crippen LogP contribution in [0.3, 0.4) is 0 Å². The summed E-state index contributed by atoms with van der Waals surface area (Å²) in [6, 6.07) is 10.2. The van der Waals surface area contributed by atoms with E-state index in [4.69, 9.17) is 21.3 Å². The molecular weight excluding hydrogens is 492 g/mol. The molecule has 3 heterocycles. The number of carbonyl (C=O) groups excluding carboxylic acids is 1. The highest BCUT2D eigenvalue weighted by Gasteiger charge is 2.26. The molecule has 2 N–H and O–H groups in total. The van der Waals surface area contributed by atoms with E-state index in [0.29, 0.717) is 53.8 Å². The fraction of sp³-hybridized carbons (Fsp3) is 0.429. The van der Waals surface area contributed by atoms with Crippen molar-refractivity contribution >= 4 is 40.2 Å². The van der Waals surface area contributed by atoms with E-state index >= 15 is 0 Å². The summed E-state index contributed by atoms with van der Waals surface area (Å²) in [4.78, 5) is 37.7. The number of hydrogen-bond donors (Lipinski definition) is 2. The average Bonchev–Trinajstić information content (AvgIpc) is 3.29. The molecule has 1 aliphatic heterocycles. The minimum atomic E-state index is -0.725. The number of nitrogens with zero attached hydrogens (tertiary/aromatic N) is 3. The first-order valence-corrected chi connectivity index (χ1v) is 13.2. The number of aliphatic carboxylic acids is 1. The summed E-state index contributed by atoms with van der Waals surface area (Å²) >= 11 is 6.59. The minimum Gasteiger partial charge on any atom is -0.481 e. The first-order chi connectivity index (χ1) is 17.8. The number of pyridine rings is 1. The monoisotopic (exact) mass is 522 g/mol. The number of hydrogen-bond acceptors (Lipinski definition) is 5. The number of carbonyl (C=O) groups is 2. The van der Waals surface area contributed by atoms with Crippen LogP contribution in [-0.4, -0.2) is 56.0 Å². The van der Waals surface area contributed by atoms with E-state index in [0.717, 1.165) is 30.4 Å². The van der Waals surface area contributed by atoms with Gasteiger partial charge >= 0.3 is 5.97 Å². The Morgan fingerprint density at radius 1 is 1.11 bits per heavy atom. The lowest BCUT2D eigenvalue weighted by Crippen LogP contribution is -2.43. The number of aromatic nitrogens is 3. The van der Waals surface area contributed by atoms with Crippen LogP contribution in [-0.2, 0) is 9.59 Å². The van der Waals surface area contributed by atoms with Crippen LogP contribution < -0.4 is 4.74 Å². The number of amides is 1. The number of piperidine rings is 1. The van der Waals surface area contributed by atoms with Gasteiger partial charge in [0.2, 0.25) is 5.91 Å². The normalized spacial score (nSPS) is 18.8. The van der Waals surface area contributed by atoms with E-state index in [-0.39, 0.29) is 23.8 Å².